The number of rotatable bonds is 10. The van der Waals surface area contributed by atoms with E-state index in [9.17, 15) is 27.9 Å². The van der Waals surface area contributed by atoms with Gasteiger partial charge in [-0.25, -0.2) is 22.9 Å². The zero-order valence-electron chi connectivity index (χ0n) is 20.3. The van der Waals surface area contributed by atoms with Crippen molar-refractivity contribution in [2.24, 2.45) is 0 Å². The lowest BCUT2D eigenvalue weighted by Crippen LogP contribution is -2.45. The van der Waals surface area contributed by atoms with Crippen molar-refractivity contribution in [2.75, 3.05) is 29.6 Å². The molecule has 0 saturated carbocycles. The molecule has 4 N–H and O–H groups in total. The molecule has 0 saturated heterocycles. The van der Waals surface area contributed by atoms with Crippen LogP contribution in [0.5, 0.6) is 0 Å². The van der Waals surface area contributed by atoms with E-state index in [1.807, 2.05) is 32.9 Å². The Balaban J connectivity index is 2.13. The molecule has 0 spiro atoms. The average molecular weight is 526 g/mol. The summed E-state index contributed by atoms with van der Waals surface area (Å²) in [4.78, 5) is 41.8. The number of amides is 3. The van der Waals surface area contributed by atoms with E-state index >= 15 is 0 Å². The SMILES string of the molecule is CC(=O)Nc1nc(CCc2ccc(N(C(=O)O)C(C)(C)C)cc2)c(C(=O)NCCNS(C)(=O)=O)s1. The standard InChI is InChI=1S/C22H31N5O6S2/c1-14(28)25-20-26-17(18(34-20)19(29)23-12-13-24-35(5,32)33)11-8-15-6-9-16(10-7-15)27(21(30)31)22(2,3)4/h6-7,9-10,24H,8,11-13H2,1-5H3,(H,23,29)(H,30,31)(H,25,26,28). The number of carbonyl (C=O) groups is 3. The number of sulfonamides is 1. The van der Waals surface area contributed by atoms with Crippen LogP contribution >= 0.6 is 11.3 Å². The molecule has 2 rings (SSSR count). The molecule has 1 aromatic carbocycles. The Kier molecular flexibility index (Phi) is 9.35. The summed E-state index contributed by atoms with van der Waals surface area (Å²) in [5.74, 6) is -0.728. The lowest BCUT2D eigenvalue weighted by Gasteiger charge is -2.33. The molecular formula is C22H31N5O6S2. The van der Waals surface area contributed by atoms with Crippen LogP contribution < -0.4 is 20.3 Å². The van der Waals surface area contributed by atoms with Crippen LogP contribution in [-0.4, -0.2) is 61.3 Å². The molecule has 0 aliphatic heterocycles. The van der Waals surface area contributed by atoms with Crippen molar-refractivity contribution >= 4 is 50.1 Å². The average Bonchev–Trinajstić information content (AvgIpc) is 3.10. The van der Waals surface area contributed by atoms with Crippen molar-refractivity contribution in [2.45, 2.75) is 46.1 Å². The van der Waals surface area contributed by atoms with Crippen molar-refractivity contribution in [3.05, 3.63) is 40.4 Å². The topological polar surface area (TPSA) is 158 Å². The summed E-state index contributed by atoms with van der Waals surface area (Å²) in [5.41, 5.74) is 1.37. The first-order valence-corrected chi connectivity index (χ1v) is 13.5. The fraction of sp³-hybridized carbons (Fsp3) is 0.455. The van der Waals surface area contributed by atoms with Crippen molar-refractivity contribution < 1.29 is 27.9 Å². The molecule has 1 aromatic heterocycles. The second kappa shape index (κ2) is 11.6. The molecule has 1 heterocycles. The summed E-state index contributed by atoms with van der Waals surface area (Å²) in [7, 11) is -3.36. The Morgan fingerprint density at radius 1 is 1.09 bits per heavy atom. The van der Waals surface area contributed by atoms with Crippen LogP contribution in [0.4, 0.5) is 15.6 Å². The van der Waals surface area contributed by atoms with Gasteiger partial charge >= 0.3 is 6.09 Å². The van der Waals surface area contributed by atoms with Crippen LogP contribution in [0.3, 0.4) is 0 Å². The molecule has 11 nitrogen and oxygen atoms in total. The summed E-state index contributed by atoms with van der Waals surface area (Å²) in [6.07, 6.45) is 0.926. The zero-order chi connectivity index (χ0) is 26.4. The normalized spacial score (nSPS) is 11.7. The van der Waals surface area contributed by atoms with Gasteiger partial charge in [-0.1, -0.05) is 23.5 Å². The maximum Gasteiger partial charge on any atom is 0.412 e. The van der Waals surface area contributed by atoms with E-state index in [2.05, 4.69) is 20.3 Å². The first-order valence-electron chi connectivity index (χ1n) is 10.8. The van der Waals surface area contributed by atoms with Gasteiger partial charge in [-0.3, -0.25) is 14.5 Å². The lowest BCUT2D eigenvalue weighted by atomic mass is 10.0. The lowest BCUT2D eigenvalue weighted by molar-refractivity contribution is -0.114. The summed E-state index contributed by atoms with van der Waals surface area (Å²) < 4.78 is 24.6. The first-order chi connectivity index (χ1) is 16.2. The van der Waals surface area contributed by atoms with Crippen LogP contribution in [-0.2, 0) is 27.7 Å². The van der Waals surface area contributed by atoms with E-state index in [1.165, 1.54) is 11.8 Å². The van der Waals surface area contributed by atoms with Gasteiger partial charge in [0.05, 0.1) is 11.9 Å². The molecular weight excluding hydrogens is 494 g/mol. The number of anilines is 2. The van der Waals surface area contributed by atoms with Gasteiger partial charge in [0.15, 0.2) is 5.13 Å². The number of thiazole rings is 1. The second-order valence-electron chi connectivity index (χ2n) is 8.85. The van der Waals surface area contributed by atoms with Crippen LogP contribution in [0, 0.1) is 0 Å². The monoisotopic (exact) mass is 525 g/mol. The molecule has 0 aliphatic rings. The Bertz CT molecular complexity index is 1170. The molecule has 0 atom stereocenters. The van der Waals surface area contributed by atoms with Crippen molar-refractivity contribution in [3.63, 3.8) is 0 Å². The molecule has 35 heavy (non-hydrogen) atoms. The predicted octanol–water partition coefficient (Wildman–Crippen LogP) is 2.45. The van der Waals surface area contributed by atoms with Crippen LogP contribution in [0.2, 0.25) is 0 Å². The number of carboxylic acid groups (broad SMARTS) is 1. The van der Waals surface area contributed by atoms with Crippen molar-refractivity contribution in [1.82, 2.24) is 15.0 Å². The molecule has 192 valence electrons. The highest BCUT2D eigenvalue weighted by atomic mass is 32.2. The minimum Gasteiger partial charge on any atom is -0.465 e. The van der Waals surface area contributed by atoms with Crippen molar-refractivity contribution in [3.8, 4) is 0 Å². The largest absolute Gasteiger partial charge is 0.465 e. The maximum absolute atomic E-state index is 12.7. The Morgan fingerprint density at radius 2 is 1.71 bits per heavy atom. The van der Waals surface area contributed by atoms with Crippen LogP contribution in [0.15, 0.2) is 24.3 Å². The summed E-state index contributed by atoms with van der Waals surface area (Å²) in [6, 6.07) is 7.13. The molecule has 0 unspecified atom stereocenters. The quantitative estimate of drug-likeness (QED) is 0.347. The molecule has 13 heteroatoms. The molecule has 0 aliphatic carbocycles. The summed E-state index contributed by atoms with van der Waals surface area (Å²) in [5, 5.41) is 15.1. The van der Waals surface area contributed by atoms with Gasteiger partial charge in [0.25, 0.3) is 5.91 Å². The fourth-order valence-corrected chi connectivity index (χ4v) is 4.70. The van der Waals surface area contributed by atoms with E-state index in [4.69, 9.17) is 0 Å². The third kappa shape index (κ3) is 8.92. The van der Waals surface area contributed by atoms with Gasteiger partial charge in [0, 0.05) is 31.2 Å². The predicted molar refractivity (Wildman–Crippen MR) is 136 cm³/mol. The first kappa shape index (κ1) is 28.2. The highest BCUT2D eigenvalue weighted by Gasteiger charge is 2.27. The number of benzene rings is 1. The zero-order valence-corrected chi connectivity index (χ0v) is 22.0. The van der Waals surface area contributed by atoms with Crippen molar-refractivity contribution in [1.29, 1.82) is 0 Å². The number of aromatic nitrogens is 1. The van der Waals surface area contributed by atoms with Gasteiger partial charge in [0.2, 0.25) is 15.9 Å². The minimum absolute atomic E-state index is 0.0472. The van der Waals surface area contributed by atoms with Gasteiger partial charge in [-0.05, 0) is 51.3 Å². The number of nitrogens with zero attached hydrogens (tertiary/aromatic N) is 2. The van der Waals surface area contributed by atoms with Gasteiger partial charge in [-0.15, -0.1) is 0 Å². The van der Waals surface area contributed by atoms with Gasteiger partial charge in [-0.2, -0.15) is 0 Å². The second-order valence-corrected chi connectivity index (χ2v) is 11.7. The Hall–Kier alpha value is -3.03. The number of hydrogen-bond acceptors (Lipinski definition) is 7. The highest BCUT2D eigenvalue weighted by Crippen LogP contribution is 2.27. The number of aryl methyl sites for hydroxylation is 2. The van der Waals surface area contributed by atoms with Crippen LogP contribution in [0.1, 0.15) is 48.6 Å². The molecule has 0 radical (unpaired) electrons. The van der Waals surface area contributed by atoms with E-state index in [1.54, 1.807) is 12.1 Å². The Labute approximate surface area is 209 Å². The van der Waals surface area contributed by atoms with E-state index < -0.39 is 27.6 Å². The smallest absolute Gasteiger partial charge is 0.412 e. The minimum atomic E-state index is -3.36. The molecule has 0 fully saturated rings. The third-order valence-electron chi connectivity index (χ3n) is 4.67. The molecule has 0 bridgehead atoms. The summed E-state index contributed by atoms with van der Waals surface area (Å²) in [6.45, 7) is 6.92. The summed E-state index contributed by atoms with van der Waals surface area (Å²) >= 11 is 1.04. The molecule has 3 amide bonds. The number of hydrogen-bond donors (Lipinski definition) is 4. The number of nitrogens with one attached hydrogen (secondary N) is 3. The molecule has 2 aromatic rings. The maximum atomic E-state index is 12.7. The third-order valence-corrected chi connectivity index (χ3v) is 6.41. The van der Waals surface area contributed by atoms with E-state index in [0.717, 1.165) is 23.2 Å². The Morgan fingerprint density at radius 3 is 2.23 bits per heavy atom. The van der Waals surface area contributed by atoms with Gasteiger partial charge in [0.1, 0.15) is 4.88 Å². The van der Waals surface area contributed by atoms with E-state index in [-0.39, 0.29) is 19.0 Å². The van der Waals surface area contributed by atoms with E-state index in [0.29, 0.717) is 34.2 Å². The highest BCUT2D eigenvalue weighted by molar-refractivity contribution is 7.88. The van der Waals surface area contributed by atoms with Crippen LogP contribution in [0.25, 0.3) is 0 Å². The fourth-order valence-electron chi connectivity index (χ4n) is 3.25. The van der Waals surface area contributed by atoms with Gasteiger partial charge < -0.3 is 15.7 Å². The number of carbonyl (C=O) groups excluding carboxylic acids is 2.